The molecule has 1 unspecified atom stereocenters. The van der Waals surface area contributed by atoms with Crippen LogP contribution in [0.4, 0.5) is 11.4 Å². The maximum Gasteiger partial charge on any atom is 0.269 e. The smallest absolute Gasteiger partial charge is 0.269 e. The number of hydrogen-bond donors (Lipinski definition) is 1. The lowest BCUT2D eigenvalue weighted by Gasteiger charge is -2.13. The average Bonchev–Trinajstić information content (AvgIpc) is 2.45. The van der Waals surface area contributed by atoms with Crippen LogP contribution >= 0.6 is 23.2 Å². The number of anilines is 1. The first-order chi connectivity index (χ1) is 10.4. The van der Waals surface area contributed by atoms with Crippen LogP contribution in [0.3, 0.4) is 0 Å². The Hall–Kier alpha value is -2.11. The Balaban J connectivity index is 2.13. The van der Waals surface area contributed by atoms with Crippen molar-refractivity contribution >= 4 is 40.5 Å². The molecule has 0 aliphatic carbocycles. The lowest BCUT2D eigenvalue weighted by atomic mass is 10.00. The van der Waals surface area contributed by atoms with E-state index in [1.54, 1.807) is 37.3 Å². The van der Waals surface area contributed by atoms with Gasteiger partial charge in [0.25, 0.3) is 5.69 Å². The molecule has 0 fully saturated rings. The summed E-state index contributed by atoms with van der Waals surface area (Å²) in [7, 11) is 0. The van der Waals surface area contributed by atoms with Gasteiger partial charge in [-0.25, -0.2) is 0 Å². The van der Waals surface area contributed by atoms with Crippen molar-refractivity contribution in [1.82, 2.24) is 0 Å². The maximum atomic E-state index is 12.2. The Morgan fingerprint density at radius 2 is 1.68 bits per heavy atom. The van der Waals surface area contributed by atoms with Crippen LogP contribution < -0.4 is 5.32 Å². The zero-order valence-electron chi connectivity index (χ0n) is 11.5. The van der Waals surface area contributed by atoms with Crippen LogP contribution in [0.2, 0.25) is 10.0 Å². The second-order valence-corrected chi connectivity index (χ2v) is 5.59. The number of carbonyl (C=O) groups excluding carboxylic acids is 1. The number of nitrogens with zero attached hydrogens (tertiary/aromatic N) is 1. The Morgan fingerprint density at radius 1 is 1.14 bits per heavy atom. The number of non-ortho nitro benzene ring substituents is 1. The number of nitrogens with one attached hydrogen (secondary N) is 1. The molecular weight excluding hydrogens is 327 g/mol. The molecule has 0 aliphatic heterocycles. The highest BCUT2D eigenvalue weighted by Gasteiger charge is 2.17. The molecule has 5 nitrogen and oxygen atoms in total. The van der Waals surface area contributed by atoms with Crippen LogP contribution in [0, 0.1) is 10.1 Å². The summed E-state index contributed by atoms with van der Waals surface area (Å²) in [6, 6.07) is 10.6. The van der Waals surface area contributed by atoms with Gasteiger partial charge in [0.1, 0.15) is 0 Å². The van der Waals surface area contributed by atoms with Crippen LogP contribution in [0.1, 0.15) is 18.4 Å². The maximum absolute atomic E-state index is 12.2. The van der Waals surface area contributed by atoms with Gasteiger partial charge in [-0.3, -0.25) is 14.9 Å². The number of nitro groups is 1. The van der Waals surface area contributed by atoms with E-state index >= 15 is 0 Å². The number of benzene rings is 2. The minimum atomic E-state index is -0.484. The van der Waals surface area contributed by atoms with E-state index in [2.05, 4.69) is 5.32 Å². The fraction of sp³-hybridized carbons (Fsp3) is 0.133. The predicted octanol–water partition coefficient (Wildman–Crippen LogP) is 4.64. The topological polar surface area (TPSA) is 72.2 Å². The second-order valence-electron chi connectivity index (χ2n) is 4.72. The first kappa shape index (κ1) is 16.3. The summed E-state index contributed by atoms with van der Waals surface area (Å²) in [5, 5.41) is 14.2. The van der Waals surface area contributed by atoms with Gasteiger partial charge in [-0.2, -0.15) is 0 Å². The number of carbonyl (C=O) groups is 1. The zero-order chi connectivity index (χ0) is 16.3. The first-order valence-electron chi connectivity index (χ1n) is 6.38. The summed E-state index contributed by atoms with van der Waals surface area (Å²) in [6.45, 7) is 1.71. The van der Waals surface area contributed by atoms with Crippen LogP contribution in [0.5, 0.6) is 0 Å². The molecule has 0 aliphatic rings. The SMILES string of the molecule is CC(C(=O)Nc1cc(Cl)cc(Cl)c1)c1ccc([N+](=O)[O-])cc1. The molecule has 1 atom stereocenters. The highest BCUT2D eigenvalue weighted by Crippen LogP contribution is 2.25. The highest BCUT2D eigenvalue weighted by molar-refractivity contribution is 6.35. The largest absolute Gasteiger partial charge is 0.325 e. The lowest BCUT2D eigenvalue weighted by Crippen LogP contribution is -2.18. The van der Waals surface area contributed by atoms with E-state index in [0.717, 1.165) is 0 Å². The highest BCUT2D eigenvalue weighted by atomic mass is 35.5. The summed E-state index contributed by atoms with van der Waals surface area (Å²) >= 11 is 11.8. The van der Waals surface area contributed by atoms with E-state index in [1.807, 2.05) is 0 Å². The standard InChI is InChI=1S/C15H12Cl2N2O3/c1-9(10-2-4-14(5-3-10)19(21)22)15(20)18-13-7-11(16)6-12(17)8-13/h2-9H,1H3,(H,18,20). The van der Waals surface area contributed by atoms with Crippen molar-refractivity contribution < 1.29 is 9.72 Å². The molecule has 7 heteroatoms. The van der Waals surface area contributed by atoms with Crippen LogP contribution in [-0.2, 0) is 4.79 Å². The molecule has 0 spiro atoms. The molecule has 114 valence electrons. The van der Waals surface area contributed by atoms with Crippen molar-refractivity contribution in [3.8, 4) is 0 Å². The van der Waals surface area contributed by atoms with Crippen LogP contribution in [-0.4, -0.2) is 10.8 Å². The van der Waals surface area contributed by atoms with Crippen molar-refractivity contribution in [2.45, 2.75) is 12.8 Å². The molecule has 2 rings (SSSR count). The summed E-state index contributed by atoms with van der Waals surface area (Å²) in [6.07, 6.45) is 0. The second kappa shape index (κ2) is 6.77. The zero-order valence-corrected chi connectivity index (χ0v) is 13.1. The minimum Gasteiger partial charge on any atom is -0.325 e. The molecule has 1 amide bonds. The van der Waals surface area contributed by atoms with E-state index in [-0.39, 0.29) is 11.6 Å². The Morgan fingerprint density at radius 3 is 2.18 bits per heavy atom. The van der Waals surface area contributed by atoms with E-state index in [9.17, 15) is 14.9 Å². The van der Waals surface area contributed by atoms with Gasteiger partial charge < -0.3 is 5.32 Å². The van der Waals surface area contributed by atoms with E-state index in [1.165, 1.54) is 12.1 Å². The van der Waals surface area contributed by atoms with Gasteiger partial charge in [0.05, 0.1) is 10.8 Å². The monoisotopic (exact) mass is 338 g/mol. The summed E-state index contributed by atoms with van der Waals surface area (Å²) < 4.78 is 0. The van der Waals surface area contributed by atoms with Gasteiger partial charge in [0.2, 0.25) is 5.91 Å². The number of rotatable bonds is 4. The van der Waals surface area contributed by atoms with E-state index in [4.69, 9.17) is 23.2 Å². The molecule has 1 N–H and O–H groups in total. The van der Waals surface area contributed by atoms with Crippen molar-refractivity contribution in [3.05, 3.63) is 68.2 Å². The molecule has 0 saturated heterocycles. The van der Waals surface area contributed by atoms with Crippen molar-refractivity contribution in [2.75, 3.05) is 5.32 Å². The molecule has 2 aromatic rings. The third kappa shape index (κ3) is 3.96. The fourth-order valence-corrected chi connectivity index (χ4v) is 2.44. The third-order valence-electron chi connectivity index (χ3n) is 3.13. The number of amides is 1. The van der Waals surface area contributed by atoms with Gasteiger partial charge in [0.15, 0.2) is 0 Å². The summed E-state index contributed by atoms with van der Waals surface area (Å²) in [5.41, 5.74) is 1.16. The average molecular weight is 339 g/mol. The van der Waals surface area contributed by atoms with Crippen LogP contribution in [0.25, 0.3) is 0 Å². The number of halogens is 2. The molecule has 0 bridgehead atoms. The van der Waals surface area contributed by atoms with Gasteiger partial charge >= 0.3 is 0 Å². The molecule has 0 aromatic heterocycles. The van der Waals surface area contributed by atoms with Crippen LogP contribution in [0.15, 0.2) is 42.5 Å². The Kier molecular flexibility index (Phi) is 5.00. The first-order valence-corrected chi connectivity index (χ1v) is 7.13. The fourth-order valence-electron chi connectivity index (χ4n) is 1.91. The Labute approximate surface area is 137 Å². The van der Waals surface area contributed by atoms with E-state index < -0.39 is 10.8 Å². The number of hydrogen-bond acceptors (Lipinski definition) is 3. The quantitative estimate of drug-likeness (QED) is 0.651. The van der Waals surface area contributed by atoms with Gasteiger partial charge in [-0.15, -0.1) is 0 Å². The normalized spacial score (nSPS) is 11.8. The molecule has 22 heavy (non-hydrogen) atoms. The van der Waals surface area contributed by atoms with Gasteiger partial charge in [-0.1, -0.05) is 35.3 Å². The van der Waals surface area contributed by atoms with Gasteiger partial charge in [-0.05, 0) is 30.7 Å². The Bertz CT molecular complexity index is 697. The van der Waals surface area contributed by atoms with E-state index in [0.29, 0.717) is 21.3 Å². The minimum absolute atomic E-state index is 0.0158. The number of nitro benzene ring substituents is 1. The molecular formula is C15H12Cl2N2O3. The predicted molar refractivity (Wildman–Crippen MR) is 86.6 cm³/mol. The third-order valence-corrected chi connectivity index (χ3v) is 3.56. The molecule has 2 aromatic carbocycles. The van der Waals surface area contributed by atoms with Crippen molar-refractivity contribution in [3.63, 3.8) is 0 Å². The van der Waals surface area contributed by atoms with Crippen molar-refractivity contribution in [2.24, 2.45) is 0 Å². The van der Waals surface area contributed by atoms with Gasteiger partial charge in [0, 0.05) is 27.9 Å². The summed E-state index contributed by atoms with van der Waals surface area (Å²) in [4.78, 5) is 22.4. The van der Waals surface area contributed by atoms with Crippen molar-refractivity contribution in [1.29, 1.82) is 0 Å². The molecule has 0 heterocycles. The molecule has 0 saturated carbocycles. The summed E-state index contributed by atoms with van der Waals surface area (Å²) in [5.74, 6) is -0.731. The lowest BCUT2D eigenvalue weighted by molar-refractivity contribution is -0.384. The molecule has 0 radical (unpaired) electrons.